The molecule has 0 unspecified atom stereocenters. The van der Waals surface area contributed by atoms with Crippen molar-refractivity contribution in [2.24, 2.45) is 5.92 Å². The van der Waals surface area contributed by atoms with Crippen molar-refractivity contribution in [3.8, 4) is 0 Å². The lowest BCUT2D eigenvalue weighted by Crippen LogP contribution is -2.01. The predicted octanol–water partition coefficient (Wildman–Crippen LogP) is 3.83. The highest BCUT2D eigenvalue weighted by Gasteiger charge is 2.11. The van der Waals surface area contributed by atoms with Crippen molar-refractivity contribution in [2.45, 2.75) is 18.7 Å². The van der Waals surface area contributed by atoms with E-state index in [1.165, 1.54) is 10.5 Å². The summed E-state index contributed by atoms with van der Waals surface area (Å²) in [7, 11) is 0. The molecule has 0 aromatic heterocycles. The molecule has 2 rings (SSSR count). The summed E-state index contributed by atoms with van der Waals surface area (Å²) < 4.78 is 0. The SMILES string of the molecule is CC(C)C1=Cc2ccccc2SC1. The van der Waals surface area contributed by atoms with Gasteiger partial charge in [-0.3, -0.25) is 0 Å². The fourth-order valence-corrected chi connectivity index (χ4v) is 2.67. The maximum absolute atomic E-state index is 2.34. The highest BCUT2D eigenvalue weighted by atomic mass is 32.2. The van der Waals surface area contributed by atoms with Gasteiger partial charge in [-0.2, -0.15) is 0 Å². The summed E-state index contributed by atoms with van der Waals surface area (Å²) in [5.74, 6) is 1.84. The van der Waals surface area contributed by atoms with Crippen molar-refractivity contribution in [1.29, 1.82) is 0 Å². The molecule has 1 aromatic rings. The van der Waals surface area contributed by atoms with Gasteiger partial charge in [-0.05, 0) is 17.5 Å². The van der Waals surface area contributed by atoms with Crippen LogP contribution < -0.4 is 0 Å². The van der Waals surface area contributed by atoms with Gasteiger partial charge < -0.3 is 0 Å². The van der Waals surface area contributed by atoms with Crippen LogP contribution >= 0.6 is 11.8 Å². The fraction of sp³-hybridized carbons (Fsp3) is 0.333. The molecule has 0 nitrogen and oxygen atoms in total. The van der Waals surface area contributed by atoms with Crippen molar-refractivity contribution in [3.05, 3.63) is 35.4 Å². The Morgan fingerprint density at radius 2 is 2.00 bits per heavy atom. The maximum Gasteiger partial charge on any atom is 0.0196 e. The molecule has 1 heteroatoms. The summed E-state index contributed by atoms with van der Waals surface area (Å²) in [5, 5.41) is 0. The van der Waals surface area contributed by atoms with Crippen LogP contribution in [0.3, 0.4) is 0 Å². The molecule has 0 amide bonds. The van der Waals surface area contributed by atoms with Gasteiger partial charge >= 0.3 is 0 Å². The molecule has 0 saturated carbocycles. The van der Waals surface area contributed by atoms with E-state index in [2.05, 4.69) is 44.2 Å². The standard InChI is InChI=1S/C12H14S/c1-9(2)11-7-10-5-3-4-6-12(10)13-8-11/h3-7,9H,8H2,1-2H3. The van der Waals surface area contributed by atoms with Crippen LogP contribution in [0, 0.1) is 5.92 Å². The number of hydrogen-bond donors (Lipinski definition) is 0. The van der Waals surface area contributed by atoms with Gasteiger partial charge in [0.1, 0.15) is 0 Å². The zero-order valence-corrected chi connectivity index (χ0v) is 8.90. The van der Waals surface area contributed by atoms with Gasteiger partial charge in [-0.25, -0.2) is 0 Å². The smallest absolute Gasteiger partial charge is 0.0196 e. The normalized spacial score (nSPS) is 15.5. The maximum atomic E-state index is 2.34. The third-order valence-corrected chi connectivity index (χ3v) is 3.56. The van der Waals surface area contributed by atoms with Gasteiger partial charge in [0.15, 0.2) is 0 Å². The van der Waals surface area contributed by atoms with Crippen LogP contribution in [0.2, 0.25) is 0 Å². The molecule has 1 aliphatic rings. The molecule has 1 heterocycles. The summed E-state index contributed by atoms with van der Waals surface area (Å²) >= 11 is 1.96. The van der Waals surface area contributed by atoms with Gasteiger partial charge in [0.2, 0.25) is 0 Å². The summed E-state index contributed by atoms with van der Waals surface area (Å²) in [6, 6.07) is 8.62. The largest absolute Gasteiger partial charge is 0.121 e. The van der Waals surface area contributed by atoms with E-state index in [-0.39, 0.29) is 0 Å². The second kappa shape index (κ2) is 3.59. The van der Waals surface area contributed by atoms with E-state index < -0.39 is 0 Å². The molecular weight excluding hydrogens is 176 g/mol. The first-order valence-electron chi connectivity index (χ1n) is 4.69. The Bertz CT molecular complexity index is 337. The summed E-state index contributed by atoms with van der Waals surface area (Å²) in [5.41, 5.74) is 2.95. The van der Waals surface area contributed by atoms with E-state index in [9.17, 15) is 0 Å². The molecule has 13 heavy (non-hydrogen) atoms. The highest BCUT2D eigenvalue weighted by Crippen LogP contribution is 2.33. The third-order valence-electron chi connectivity index (χ3n) is 2.40. The van der Waals surface area contributed by atoms with Gasteiger partial charge in [0.05, 0.1) is 0 Å². The second-order valence-electron chi connectivity index (χ2n) is 3.70. The van der Waals surface area contributed by atoms with Crippen molar-refractivity contribution >= 4 is 17.8 Å². The van der Waals surface area contributed by atoms with Crippen LogP contribution in [0.5, 0.6) is 0 Å². The number of fused-ring (bicyclic) bond motifs is 1. The van der Waals surface area contributed by atoms with Gasteiger partial charge in [0, 0.05) is 10.6 Å². The molecule has 68 valence electrons. The van der Waals surface area contributed by atoms with Crippen molar-refractivity contribution < 1.29 is 0 Å². The Balaban J connectivity index is 2.38. The van der Waals surface area contributed by atoms with Gasteiger partial charge in [-0.15, -0.1) is 11.8 Å². The lowest BCUT2D eigenvalue weighted by Gasteiger charge is -2.18. The summed E-state index contributed by atoms with van der Waals surface area (Å²) in [6.07, 6.45) is 2.34. The molecule has 0 bridgehead atoms. The number of rotatable bonds is 1. The lowest BCUT2D eigenvalue weighted by molar-refractivity contribution is 0.777. The highest BCUT2D eigenvalue weighted by molar-refractivity contribution is 7.99. The fourth-order valence-electron chi connectivity index (χ4n) is 1.47. The average molecular weight is 190 g/mol. The zero-order chi connectivity index (χ0) is 9.26. The van der Waals surface area contributed by atoms with Crippen LogP contribution in [-0.2, 0) is 0 Å². The molecule has 0 aliphatic carbocycles. The quantitative estimate of drug-likeness (QED) is 0.648. The molecule has 1 aliphatic heterocycles. The summed E-state index contributed by atoms with van der Waals surface area (Å²) in [4.78, 5) is 1.42. The van der Waals surface area contributed by atoms with E-state index in [0.717, 1.165) is 5.75 Å². The van der Waals surface area contributed by atoms with E-state index in [1.807, 2.05) is 11.8 Å². The number of hydrogen-bond acceptors (Lipinski definition) is 1. The minimum absolute atomic E-state index is 0.681. The third kappa shape index (κ3) is 1.80. The van der Waals surface area contributed by atoms with Crippen LogP contribution in [-0.4, -0.2) is 5.75 Å². The zero-order valence-electron chi connectivity index (χ0n) is 8.08. The minimum Gasteiger partial charge on any atom is -0.121 e. The molecular formula is C12H14S. The van der Waals surface area contributed by atoms with Crippen LogP contribution in [0.15, 0.2) is 34.7 Å². The summed E-state index contributed by atoms with van der Waals surface area (Å²) in [6.45, 7) is 4.53. The van der Waals surface area contributed by atoms with E-state index >= 15 is 0 Å². The molecule has 0 radical (unpaired) electrons. The Kier molecular flexibility index (Phi) is 2.45. The second-order valence-corrected chi connectivity index (χ2v) is 4.72. The number of thioether (sulfide) groups is 1. The van der Waals surface area contributed by atoms with Gasteiger partial charge in [0.25, 0.3) is 0 Å². The first-order chi connectivity index (χ1) is 6.27. The topological polar surface area (TPSA) is 0 Å². The average Bonchev–Trinajstić information content (AvgIpc) is 2.17. The van der Waals surface area contributed by atoms with Crippen molar-refractivity contribution in [2.75, 3.05) is 5.75 Å². The Morgan fingerprint density at radius 1 is 1.23 bits per heavy atom. The molecule has 0 fully saturated rings. The monoisotopic (exact) mass is 190 g/mol. The predicted molar refractivity (Wildman–Crippen MR) is 60.0 cm³/mol. The van der Waals surface area contributed by atoms with Crippen LogP contribution in [0.4, 0.5) is 0 Å². The first-order valence-corrected chi connectivity index (χ1v) is 5.68. The Hall–Kier alpha value is -0.690. The molecule has 0 N–H and O–H groups in total. The van der Waals surface area contributed by atoms with Crippen molar-refractivity contribution in [3.63, 3.8) is 0 Å². The van der Waals surface area contributed by atoms with E-state index in [1.54, 1.807) is 5.57 Å². The van der Waals surface area contributed by atoms with E-state index in [0.29, 0.717) is 5.92 Å². The van der Waals surface area contributed by atoms with Crippen LogP contribution in [0.1, 0.15) is 19.4 Å². The Morgan fingerprint density at radius 3 is 2.77 bits per heavy atom. The minimum atomic E-state index is 0.681. The molecule has 0 atom stereocenters. The van der Waals surface area contributed by atoms with Gasteiger partial charge in [-0.1, -0.05) is 43.7 Å². The Labute approximate surface area is 84.0 Å². The van der Waals surface area contributed by atoms with Crippen molar-refractivity contribution in [1.82, 2.24) is 0 Å². The lowest BCUT2D eigenvalue weighted by atomic mass is 10.0. The molecule has 0 spiro atoms. The number of benzene rings is 1. The first kappa shape index (κ1) is 8.89. The molecule has 0 saturated heterocycles. The van der Waals surface area contributed by atoms with Crippen LogP contribution in [0.25, 0.3) is 6.08 Å². The molecule has 1 aromatic carbocycles. The van der Waals surface area contributed by atoms with E-state index in [4.69, 9.17) is 0 Å².